The Hall–Kier alpha value is -2.17. The SMILES string of the molecule is COc1cc(C)ccc1-c1nc(C)nc(N)n1. The largest absolute Gasteiger partial charge is 0.496 e. The molecule has 0 atom stereocenters. The van der Waals surface area contributed by atoms with Crippen LogP contribution >= 0.6 is 0 Å². The van der Waals surface area contributed by atoms with Gasteiger partial charge in [0.1, 0.15) is 11.6 Å². The number of aromatic nitrogens is 3. The summed E-state index contributed by atoms with van der Waals surface area (Å²) in [6.07, 6.45) is 0. The van der Waals surface area contributed by atoms with Crippen LogP contribution in [-0.2, 0) is 0 Å². The maximum Gasteiger partial charge on any atom is 0.223 e. The van der Waals surface area contributed by atoms with E-state index in [2.05, 4.69) is 15.0 Å². The number of nitrogens with two attached hydrogens (primary N) is 1. The number of hydrogen-bond acceptors (Lipinski definition) is 5. The van der Waals surface area contributed by atoms with Gasteiger partial charge in [-0.15, -0.1) is 0 Å². The van der Waals surface area contributed by atoms with Crippen molar-refractivity contribution in [1.29, 1.82) is 0 Å². The molecule has 0 fully saturated rings. The van der Waals surface area contributed by atoms with Crippen molar-refractivity contribution < 1.29 is 4.74 Å². The first-order valence-corrected chi connectivity index (χ1v) is 5.23. The highest BCUT2D eigenvalue weighted by atomic mass is 16.5. The Kier molecular flexibility index (Phi) is 2.91. The molecule has 0 unspecified atom stereocenters. The Bertz CT molecular complexity index is 534. The smallest absolute Gasteiger partial charge is 0.223 e. The van der Waals surface area contributed by atoms with Crippen LogP contribution in [-0.4, -0.2) is 22.1 Å². The number of nitrogens with zero attached hydrogens (tertiary/aromatic N) is 3. The molecule has 88 valence electrons. The molecule has 0 aliphatic rings. The van der Waals surface area contributed by atoms with Gasteiger partial charge in [0.25, 0.3) is 0 Å². The van der Waals surface area contributed by atoms with Crippen LogP contribution in [0, 0.1) is 13.8 Å². The number of anilines is 1. The average Bonchev–Trinajstić information content (AvgIpc) is 2.27. The molecule has 0 bridgehead atoms. The van der Waals surface area contributed by atoms with E-state index in [0.717, 1.165) is 16.9 Å². The van der Waals surface area contributed by atoms with Crippen LogP contribution in [0.3, 0.4) is 0 Å². The predicted octanol–water partition coefficient (Wildman–Crippen LogP) is 1.75. The van der Waals surface area contributed by atoms with Crippen LogP contribution in [0.25, 0.3) is 11.4 Å². The molecule has 5 nitrogen and oxygen atoms in total. The highest BCUT2D eigenvalue weighted by molar-refractivity contribution is 5.65. The zero-order chi connectivity index (χ0) is 12.4. The van der Waals surface area contributed by atoms with Gasteiger partial charge >= 0.3 is 0 Å². The second kappa shape index (κ2) is 4.37. The Balaban J connectivity index is 2.59. The minimum Gasteiger partial charge on any atom is -0.496 e. The molecule has 0 radical (unpaired) electrons. The molecule has 1 aromatic carbocycles. The Labute approximate surface area is 99.7 Å². The summed E-state index contributed by atoms with van der Waals surface area (Å²) < 4.78 is 5.32. The first kappa shape index (κ1) is 11.3. The molecule has 2 aromatic rings. The fraction of sp³-hybridized carbons (Fsp3) is 0.250. The van der Waals surface area contributed by atoms with E-state index in [1.165, 1.54) is 0 Å². The molecular formula is C12H14N4O. The second-order valence-electron chi connectivity index (χ2n) is 3.77. The van der Waals surface area contributed by atoms with Gasteiger partial charge in [0.15, 0.2) is 5.82 Å². The number of ether oxygens (including phenoxy) is 1. The standard InChI is InChI=1S/C12H14N4O/c1-7-4-5-9(10(6-7)17-3)11-14-8(2)15-12(13)16-11/h4-6H,1-3H3,(H2,13,14,15,16). The number of benzene rings is 1. The van der Waals surface area contributed by atoms with E-state index in [0.29, 0.717) is 11.6 Å². The second-order valence-corrected chi connectivity index (χ2v) is 3.77. The molecule has 0 aliphatic heterocycles. The topological polar surface area (TPSA) is 73.9 Å². The highest BCUT2D eigenvalue weighted by Gasteiger charge is 2.10. The fourth-order valence-corrected chi connectivity index (χ4v) is 1.61. The molecule has 2 rings (SSSR count). The predicted molar refractivity (Wildman–Crippen MR) is 65.7 cm³/mol. The van der Waals surface area contributed by atoms with Gasteiger partial charge in [0.05, 0.1) is 12.7 Å². The lowest BCUT2D eigenvalue weighted by Gasteiger charge is -2.08. The summed E-state index contributed by atoms with van der Waals surface area (Å²) in [6, 6.07) is 5.83. The van der Waals surface area contributed by atoms with Crippen LogP contribution < -0.4 is 10.5 Å². The zero-order valence-electron chi connectivity index (χ0n) is 10.1. The number of aryl methyl sites for hydroxylation is 2. The lowest BCUT2D eigenvalue weighted by Crippen LogP contribution is -2.02. The van der Waals surface area contributed by atoms with Gasteiger partial charge in [-0.2, -0.15) is 9.97 Å². The Morgan fingerprint density at radius 3 is 2.53 bits per heavy atom. The first-order valence-electron chi connectivity index (χ1n) is 5.23. The van der Waals surface area contributed by atoms with Gasteiger partial charge in [-0.1, -0.05) is 6.07 Å². The Morgan fingerprint density at radius 2 is 1.88 bits per heavy atom. The number of hydrogen-bond donors (Lipinski definition) is 1. The van der Waals surface area contributed by atoms with Crippen molar-refractivity contribution in [2.75, 3.05) is 12.8 Å². The van der Waals surface area contributed by atoms with Gasteiger partial charge in [-0.3, -0.25) is 0 Å². The molecule has 1 heterocycles. The summed E-state index contributed by atoms with van der Waals surface area (Å²) >= 11 is 0. The zero-order valence-corrected chi connectivity index (χ0v) is 10.1. The van der Waals surface area contributed by atoms with Crippen molar-refractivity contribution in [2.45, 2.75) is 13.8 Å². The number of nitrogen functional groups attached to an aromatic ring is 1. The van der Waals surface area contributed by atoms with Gasteiger partial charge in [-0.25, -0.2) is 4.98 Å². The van der Waals surface area contributed by atoms with E-state index in [1.54, 1.807) is 14.0 Å². The highest BCUT2D eigenvalue weighted by Crippen LogP contribution is 2.28. The van der Waals surface area contributed by atoms with E-state index in [1.807, 2.05) is 25.1 Å². The van der Waals surface area contributed by atoms with Crippen LogP contribution in [0.2, 0.25) is 0 Å². The van der Waals surface area contributed by atoms with Crippen molar-refractivity contribution in [3.05, 3.63) is 29.6 Å². The van der Waals surface area contributed by atoms with Gasteiger partial charge in [0, 0.05) is 0 Å². The van der Waals surface area contributed by atoms with E-state index < -0.39 is 0 Å². The summed E-state index contributed by atoms with van der Waals surface area (Å²) in [5.41, 5.74) is 7.55. The maximum atomic E-state index is 5.62. The normalized spacial score (nSPS) is 10.3. The minimum absolute atomic E-state index is 0.218. The van der Waals surface area contributed by atoms with Crippen molar-refractivity contribution in [1.82, 2.24) is 15.0 Å². The molecule has 1 aromatic heterocycles. The maximum absolute atomic E-state index is 5.62. The van der Waals surface area contributed by atoms with Gasteiger partial charge < -0.3 is 10.5 Å². The summed E-state index contributed by atoms with van der Waals surface area (Å²) in [7, 11) is 1.62. The molecule has 5 heteroatoms. The summed E-state index contributed by atoms with van der Waals surface area (Å²) in [5, 5.41) is 0. The quantitative estimate of drug-likeness (QED) is 0.850. The number of methoxy groups -OCH3 is 1. The third-order valence-corrected chi connectivity index (χ3v) is 2.36. The lowest BCUT2D eigenvalue weighted by atomic mass is 10.1. The Morgan fingerprint density at radius 1 is 1.12 bits per heavy atom. The van der Waals surface area contributed by atoms with Crippen molar-refractivity contribution in [3.63, 3.8) is 0 Å². The molecule has 0 saturated carbocycles. The molecule has 0 saturated heterocycles. The average molecular weight is 230 g/mol. The van der Waals surface area contributed by atoms with Gasteiger partial charge in [0.2, 0.25) is 5.95 Å². The fourth-order valence-electron chi connectivity index (χ4n) is 1.61. The lowest BCUT2D eigenvalue weighted by molar-refractivity contribution is 0.416. The molecule has 0 spiro atoms. The summed E-state index contributed by atoms with van der Waals surface area (Å²) in [4.78, 5) is 12.3. The van der Waals surface area contributed by atoms with E-state index in [-0.39, 0.29) is 5.95 Å². The van der Waals surface area contributed by atoms with Crippen LogP contribution in [0.5, 0.6) is 5.75 Å². The third-order valence-electron chi connectivity index (χ3n) is 2.36. The van der Waals surface area contributed by atoms with Gasteiger partial charge in [-0.05, 0) is 31.5 Å². The molecule has 0 aliphatic carbocycles. The van der Waals surface area contributed by atoms with E-state index >= 15 is 0 Å². The summed E-state index contributed by atoms with van der Waals surface area (Å²) in [5.74, 6) is 2.08. The van der Waals surface area contributed by atoms with E-state index in [9.17, 15) is 0 Å². The van der Waals surface area contributed by atoms with Crippen LogP contribution in [0.4, 0.5) is 5.95 Å². The number of rotatable bonds is 2. The monoisotopic (exact) mass is 230 g/mol. The summed E-state index contributed by atoms with van der Waals surface area (Å²) in [6.45, 7) is 3.78. The van der Waals surface area contributed by atoms with Crippen molar-refractivity contribution in [2.24, 2.45) is 0 Å². The molecule has 2 N–H and O–H groups in total. The van der Waals surface area contributed by atoms with Crippen molar-refractivity contribution >= 4 is 5.95 Å². The minimum atomic E-state index is 0.218. The third kappa shape index (κ3) is 2.33. The van der Waals surface area contributed by atoms with Crippen LogP contribution in [0.15, 0.2) is 18.2 Å². The molecular weight excluding hydrogens is 216 g/mol. The van der Waals surface area contributed by atoms with Crippen molar-refractivity contribution in [3.8, 4) is 17.1 Å². The van der Waals surface area contributed by atoms with Crippen LogP contribution in [0.1, 0.15) is 11.4 Å². The first-order chi connectivity index (χ1) is 8.10. The molecule has 0 amide bonds. The van der Waals surface area contributed by atoms with E-state index in [4.69, 9.17) is 10.5 Å². The molecule has 17 heavy (non-hydrogen) atoms.